The van der Waals surface area contributed by atoms with Gasteiger partial charge in [0.15, 0.2) is 0 Å². The lowest BCUT2D eigenvalue weighted by atomic mass is 9.83. The second kappa shape index (κ2) is 5.37. The summed E-state index contributed by atoms with van der Waals surface area (Å²) < 4.78 is 13.0. The number of nitrogens with one attached hydrogen (secondary N) is 1. The lowest BCUT2D eigenvalue weighted by Crippen LogP contribution is -2.26. The van der Waals surface area contributed by atoms with Crippen LogP contribution in [0.1, 0.15) is 42.9 Å². The molecule has 3 nitrogen and oxygen atoms in total. The lowest BCUT2D eigenvalue weighted by molar-refractivity contribution is 0.389. The second-order valence-electron chi connectivity index (χ2n) is 5.73. The third-order valence-electron chi connectivity index (χ3n) is 4.35. The van der Waals surface area contributed by atoms with Gasteiger partial charge in [-0.05, 0) is 62.4 Å². The van der Waals surface area contributed by atoms with Gasteiger partial charge < -0.3 is 5.73 Å². The van der Waals surface area contributed by atoms with Crippen molar-refractivity contribution in [2.75, 3.05) is 0 Å². The Labute approximate surface area is 118 Å². The molecule has 1 aromatic carbocycles. The molecule has 0 bridgehead atoms. The fraction of sp³-hybridized carbons (Fsp3) is 0.438. The quantitative estimate of drug-likeness (QED) is 0.879. The van der Waals surface area contributed by atoms with Crippen molar-refractivity contribution >= 4 is 0 Å². The number of hydrogen-bond donors (Lipinski definition) is 2. The molecule has 0 radical (unpaired) electrons. The van der Waals surface area contributed by atoms with Crippen LogP contribution in [0.5, 0.6) is 0 Å². The molecule has 2 aromatic rings. The maximum absolute atomic E-state index is 13.0. The molecule has 106 valence electrons. The summed E-state index contributed by atoms with van der Waals surface area (Å²) in [4.78, 5) is 0. The molecule has 3 rings (SSSR count). The SMILES string of the molecule is Cc1c(-c2ccc(F)cc2)n[nH]c1C1CCC(N)CC1. The van der Waals surface area contributed by atoms with Crippen LogP contribution in [0.2, 0.25) is 0 Å². The summed E-state index contributed by atoms with van der Waals surface area (Å²) in [7, 11) is 0. The molecule has 1 aliphatic carbocycles. The van der Waals surface area contributed by atoms with Crippen LogP contribution in [0.25, 0.3) is 11.3 Å². The molecule has 3 N–H and O–H groups in total. The van der Waals surface area contributed by atoms with Crippen LogP contribution in [0.4, 0.5) is 4.39 Å². The van der Waals surface area contributed by atoms with Crippen molar-refractivity contribution in [1.29, 1.82) is 0 Å². The molecule has 1 heterocycles. The van der Waals surface area contributed by atoms with Gasteiger partial charge in [-0.15, -0.1) is 0 Å². The van der Waals surface area contributed by atoms with Crippen molar-refractivity contribution in [3.8, 4) is 11.3 Å². The van der Waals surface area contributed by atoms with E-state index in [1.54, 1.807) is 12.1 Å². The molecule has 0 atom stereocenters. The molecule has 4 heteroatoms. The van der Waals surface area contributed by atoms with Crippen LogP contribution >= 0.6 is 0 Å². The number of nitrogens with two attached hydrogens (primary N) is 1. The second-order valence-corrected chi connectivity index (χ2v) is 5.73. The summed E-state index contributed by atoms with van der Waals surface area (Å²) in [5, 5.41) is 7.62. The monoisotopic (exact) mass is 273 g/mol. The molecule has 1 aliphatic rings. The van der Waals surface area contributed by atoms with Gasteiger partial charge in [0.25, 0.3) is 0 Å². The minimum atomic E-state index is -0.219. The van der Waals surface area contributed by atoms with Gasteiger partial charge in [-0.3, -0.25) is 5.10 Å². The summed E-state index contributed by atoms with van der Waals surface area (Å²) in [6.07, 6.45) is 4.39. The van der Waals surface area contributed by atoms with Crippen LogP contribution in [-0.2, 0) is 0 Å². The molecule has 0 amide bonds. The van der Waals surface area contributed by atoms with E-state index in [9.17, 15) is 4.39 Å². The maximum Gasteiger partial charge on any atom is 0.123 e. The Kier molecular flexibility index (Phi) is 3.57. The van der Waals surface area contributed by atoms with E-state index in [1.807, 2.05) is 0 Å². The number of nitrogens with zero attached hydrogens (tertiary/aromatic N) is 1. The van der Waals surface area contributed by atoms with E-state index in [2.05, 4.69) is 17.1 Å². The van der Waals surface area contributed by atoms with E-state index in [0.717, 1.165) is 36.9 Å². The molecule has 0 aliphatic heterocycles. The Bertz CT molecular complexity index is 580. The molecule has 0 spiro atoms. The van der Waals surface area contributed by atoms with Gasteiger partial charge in [0, 0.05) is 23.2 Å². The van der Waals surface area contributed by atoms with E-state index in [-0.39, 0.29) is 5.82 Å². The number of H-pyrrole nitrogens is 1. The van der Waals surface area contributed by atoms with Gasteiger partial charge in [-0.2, -0.15) is 5.10 Å². The number of rotatable bonds is 2. The highest BCUT2D eigenvalue weighted by atomic mass is 19.1. The average molecular weight is 273 g/mol. The summed E-state index contributed by atoms with van der Waals surface area (Å²) in [6, 6.07) is 6.86. The Hall–Kier alpha value is -1.68. The number of halogens is 1. The minimum Gasteiger partial charge on any atom is -0.328 e. The van der Waals surface area contributed by atoms with Crippen molar-refractivity contribution in [2.24, 2.45) is 5.73 Å². The fourth-order valence-electron chi connectivity index (χ4n) is 3.11. The van der Waals surface area contributed by atoms with Gasteiger partial charge in [0.05, 0.1) is 5.69 Å². The van der Waals surface area contributed by atoms with Crippen molar-refractivity contribution in [2.45, 2.75) is 44.6 Å². The lowest BCUT2D eigenvalue weighted by Gasteiger charge is -2.25. The van der Waals surface area contributed by atoms with Crippen molar-refractivity contribution in [1.82, 2.24) is 10.2 Å². The molecule has 0 unspecified atom stereocenters. The zero-order valence-corrected chi connectivity index (χ0v) is 11.7. The summed E-state index contributed by atoms with van der Waals surface area (Å²) in [6.45, 7) is 2.09. The normalized spacial score (nSPS) is 22.9. The van der Waals surface area contributed by atoms with Crippen molar-refractivity contribution in [3.63, 3.8) is 0 Å². The predicted octanol–water partition coefficient (Wildman–Crippen LogP) is 3.51. The third kappa shape index (κ3) is 2.48. The Morgan fingerprint density at radius 2 is 1.80 bits per heavy atom. The van der Waals surface area contributed by atoms with Crippen LogP contribution in [-0.4, -0.2) is 16.2 Å². The number of benzene rings is 1. The van der Waals surface area contributed by atoms with Gasteiger partial charge in [-0.25, -0.2) is 4.39 Å². The third-order valence-corrected chi connectivity index (χ3v) is 4.35. The minimum absolute atomic E-state index is 0.219. The molecule has 1 aromatic heterocycles. The van der Waals surface area contributed by atoms with Crippen LogP contribution in [0.15, 0.2) is 24.3 Å². The Morgan fingerprint density at radius 3 is 2.45 bits per heavy atom. The summed E-state index contributed by atoms with van der Waals surface area (Å²) in [5.74, 6) is 0.305. The summed E-state index contributed by atoms with van der Waals surface area (Å²) >= 11 is 0. The molecular formula is C16H20FN3. The molecular weight excluding hydrogens is 253 g/mol. The molecule has 1 saturated carbocycles. The Balaban J connectivity index is 1.87. The van der Waals surface area contributed by atoms with E-state index in [1.165, 1.54) is 23.4 Å². The van der Waals surface area contributed by atoms with E-state index in [0.29, 0.717) is 12.0 Å². The van der Waals surface area contributed by atoms with Crippen LogP contribution < -0.4 is 5.73 Å². The van der Waals surface area contributed by atoms with Crippen LogP contribution in [0.3, 0.4) is 0 Å². The van der Waals surface area contributed by atoms with Crippen molar-refractivity contribution in [3.05, 3.63) is 41.3 Å². The van der Waals surface area contributed by atoms with E-state index < -0.39 is 0 Å². The van der Waals surface area contributed by atoms with Gasteiger partial charge in [-0.1, -0.05) is 0 Å². The highest BCUT2D eigenvalue weighted by molar-refractivity contribution is 5.63. The smallest absolute Gasteiger partial charge is 0.123 e. The topological polar surface area (TPSA) is 54.7 Å². The first-order valence-electron chi connectivity index (χ1n) is 7.21. The average Bonchev–Trinajstić information content (AvgIpc) is 2.83. The zero-order chi connectivity index (χ0) is 14.1. The first-order chi connectivity index (χ1) is 9.65. The zero-order valence-electron chi connectivity index (χ0n) is 11.7. The van der Waals surface area contributed by atoms with Crippen molar-refractivity contribution < 1.29 is 4.39 Å². The van der Waals surface area contributed by atoms with Gasteiger partial charge in [0.1, 0.15) is 5.82 Å². The first kappa shape index (κ1) is 13.3. The Morgan fingerprint density at radius 1 is 1.15 bits per heavy atom. The van der Waals surface area contributed by atoms with Crippen LogP contribution in [0, 0.1) is 12.7 Å². The van der Waals surface area contributed by atoms with E-state index in [4.69, 9.17) is 5.73 Å². The number of aromatic nitrogens is 2. The number of aromatic amines is 1. The summed E-state index contributed by atoms with van der Waals surface area (Å²) in [5.41, 5.74) is 10.2. The van der Waals surface area contributed by atoms with Gasteiger partial charge >= 0.3 is 0 Å². The highest BCUT2D eigenvalue weighted by Gasteiger charge is 2.24. The van der Waals surface area contributed by atoms with Gasteiger partial charge in [0.2, 0.25) is 0 Å². The maximum atomic E-state index is 13.0. The fourth-order valence-corrected chi connectivity index (χ4v) is 3.11. The predicted molar refractivity (Wildman–Crippen MR) is 77.9 cm³/mol. The molecule has 20 heavy (non-hydrogen) atoms. The van der Waals surface area contributed by atoms with E-state index >= 15 is 0 Å². The largest absolute Gasteiger partial charge is 0.328 e. The first-order valence-corrected chi connectivity index (χ1v) is 7.21. The highest BCUT2D eigenvalue weighted by Crippen LogP contribution is 2.35. The number of hydrogen-bond acceptors (Lipinski definition) is 2. The standard InChI is InChI=1S/C16H20FN3/c1-10-15(11-2-6-13(17)7-3-11)19-20-16(10)12-4-8-14(18)9-5-12/h2-3,6-7,12,14H,4-5,8-9,18H2,1H3,(H,19,20). The molecule has 1 fully saturated rings. The molecule has 0 saturated heterocycles.